The van der Waals surface area contributed by atoms with Crippen molar-refractivity contribution in [1.82, 2.24) is 15.2 Å². The number of methoxy groups -OCH3 is 1. The standard InChI is InChI=1S/C23H25N5O4/c1-16-21(29)28(18-8-4-3-5-9-18)25-20(24-16)23(31)27-13-11-26(12-14-27)22(30)17-7-6-10-19(15-17)32-2/h3-10,15-16H,11-14H2,1-2H3,(H,24,25). The molecule has 0 aromatic heterocycles. The first-order chi connectivity index (χ1) is 15.5. The van der Waals surface area contributed by atoms with Crippen LogP contribution in [0.4, 0.5) is 5.69 Å². The zero-order valence-corrected chi connectivity index (χ0v) is 18.0. The van der Waals surface area contributed by atoms with Crippen LogP contribution >= 0.6 is 0 Å². The van der Waals surface area contributed by atoms with Crippen molar-refractivity contribution >= 4 is 29.2 Å². The number of anilines is 1. The molecule has 1 atom stereocenters. The number of para-hydroxylation sites is 1. The van der Waals surface area contributed by atoms with Gasteiger partial charge < -0.3 is 14.5 Å². The van der Waals surface area contributed by atoms with Crippen molar-refractivity contribution in [3.8, 4) is 5.75 Å². The normalized spacial score (nSPS) is 18.7. The van der Waals surface area contributed by atoms with Crippen LogP contribution in [0.1, 0.15) is 17.3 Å². The van der Waals surface area contributed by atoms with Gasteiger partial charge in [-0.3, -0.25) is 19.8 Å². The molecular formula is C23H25N5O4. The SMILES string of the molecule is COc1cccc(C(=O)N2CCN(C(=O)C3=NC(C)C(=O)N(c4ccccc4)N3)CC2)c1. The van der Waals surface area contributed by atoms with E-state index in [1.165, 1.54) is 5.01 Å². The number of carbonyl (C=O) groups is 3. The molecule has 2 heterocycles. The van der Waals surface area contributed by atoms with Gasteiger partial charge in [-0.1, -0.05) is 24.3 Å². The highest BCUT2D eigenvalue weighted by Crippen LogP contribution is 2.18. The van der Waals surface area contributed by atoms with E-state index in [0.717, 1.165) is 0 Å². The molecule has 32 heavy (non-hydrogen) atoms. The molecule has 9 heteroatoms. The summed E-state index contributed by atoms with van der Waals surface area (Å²) < 4.78 is 5.19. The van der Waals surface area contributed by atoms with Crippen molar-refractivity contribution in [2.24, 2.45) is 4.99 Å². The van der Waals surface area contributed by atoms with Gasteiger partial charge in [0.2, 0.25) is 5.84 Å². The van der Waals surface area contributed by atoms with E-state index in [0.29, 0.717) is 43.2 Å². The van der Waals surface area contributed by atoms with Crippen LogP contribution in [0, 0.1) is 0 Å². The second-order valence-corrected chi connectivity index (χ2v) is 7.59. The Kier molecular flexibility index (Phi) is 6.07. The summed E-state index contributed by atoms with van der Waals surface area (Å²) in [5, 5.41) is 1.35. The van der Waals surface area contributed by atoms with Gasteiger partial charge >= 0.3 is 0 Å². The first kappa shape index (κ1) is 21.4. The van der Waals surface area contributed by atoms with Crippen LogP contribution in [0.25, 0.3) is 0 Å². The molecule has 2 aromatic carbocycles. The number of piperazine rings is 1. The number of amidine groups is 1. The van der Waals surface area contributed by atoms with Gasteiger partial charge in [-0.15, -0.1) is 0 Å². The summed E-state index contributed by atoms with van der Waals surface area (Å²) in [5.74, 6) is 0.116. The van der Waals surface area contributed by atoms with Crippen LogP contribution in [0.2, 0.25) is 0 Å². The predicted molar refractivity (Wildman–Crippen MR) is 119 cm³/mol. The van der Waals surface area contributed by atoms with Crippen LogP contribution in [0.15, 0.2) is 59.6 Å². The maximum atomic E-state index is 13.1. The van der Waals surface area contributed by atoms with Crippen LogP contribution in [0.3, 0.4) is 0 Å². The van der Waals surface area contributed by atoms with Gasteiger partial charge in [-0.2, -0.15) is 0 Å². The molecule has 4 rings (SSSR count). The zero-order chi connectivity index (χ0) is 22.7. The largest absolute Gasteiger partial charge is 0.497 e. The fourth-order valence-corrected chi connectivity index (χ4v) is 3.70. The Balaban J connectivity index is 1.41. The number of amides is 3. The maximum absolute atomic E-state index is 13.1. The fraction of sp³-hybridized carbons (Fsp3) is 0.304. The summed E-state index contributed by atoms with van der Waals surface area (Å²) in [5.41, 5.74) is 4.05. The topological polar surface area (TPSA) is 94.5 Å². The Hall–Kier alpha value is -3.88. The van der Waals surface area contributed by atoms with Gasteiger partial charge in [-0.05, 0) is 37.3 Å². The minimum absolute atomic E-state index is 0.0985. The fourth-order valence-electron chi connectivity index (χ4n) is 3.70. The third kappa shape index (κ3) is 4.27. The lowest BCUT2D eigenvalue weighted by atomic mass is 10.1. The van der Waals surface area contributed by atoms with Crippen LogP contribution in [-0.2, 0) is 9.59 Å². The Labute approximate surface area is 186 Å². The number of carbonyl (C=O) groups excluding carboxylic acids is 3. The van der Waals surface area contributed by atoms with E-state index >= 15 is 0 Å². The smallest absolute Gasteiger partial charge is 0.290 e. The number of hydrazine groups is 1. The van der Waals surface area contributed by atoms with E-state index in [9.17, 15) is 14.4 Å². The number of benzene rings is 2. The Morgan fingerprint density at radius 2 is 1.62 bits per heavy atom. The second-order valence-electron chi connectivity index (χ2n) is 7.59. The Morgan fingerprint density at radius 1 is 0.969 bits per heavy atom. The first-order valence-electron chi connectivity index (χ1n) is 10.4. The molecule has 2 aromatic rings. The number of aliphatic imine (C=N–C) groups is 1. The molecule has 0 radical (unpaired) electrons. The molecule has 0 bridgehead atoms. The lowest BCUT2D eigenvalue weighted by Gasteiger charge is -2.37. The highest BCUT2D eigenvalue weighted by Gasteiger charge is 2.34. The third-order valence-electron chi connectivity index (χ3n) is 5.51. The van der Waals surface area contributed by atoms with Gasteiger partial charge in [-0.25, -0.2) is 10.0 Å². The number of rotatable bonds is 4. The average molecular weight is 435 g/mol. The summed E-state index contributed by atoms with van der Waals surface area (Å²) in [6.45, 7) is 3.24. The molecular weight excluding hydrogens is 410 g/mol. The van der Waals surface area contributed by atoms with E-state index in [2.05, 4.69) is 10.4 Å². The molecule has 1 fully saturated rings. The number of hydrogen-bond donors (Lipinski definition) is 1. The van der Waals surface area contributed by atoms with Crippen LogP contribution < -0.4 is 15.2 Å². The number of nitrogens with one attached hydrogen (secondary N) is 1. The Bertz CT molecular complexity index is 1050. The average Bonchev–Trinajstić information content (AvgIpc) is 2.85. The van der Waals surface area contributed by atoms with Crippen LogP contribution in [-0.4, -0.2) is 72.7 Å². The highest BCUT2D eigenvalue weighted by molar-refractivity contribution is 6.39. The van der Waals surface area contributed by atoms with Crippen molar-refractivity contribution in [3.05, 3.63) is 60.2 Å². The third-order valence-corrected chi connectivity index (χ3v) is 5.51. The van der Waals surface area contributed by atoms with Crippen molar-refractivity contribution in [3.63, 3.8) is 0 Å². The van der Waals surface area contributed by atoms with Gasteiger partial charge in [0, 0.05) is 31.7 Å². The number of hydrogen-bond acceptors (Lipinski definition) is 6. The molecule has 3 amide bonds. The molecule has 9 nitrogen and oxygen atoms in total. The lowest BCUT2D eigenvalue weighted by molar-refractivity contribution is -0.126. The van der Waals surface area contributed by atoms with E-state index < -0.39 is 6.04 Å². The summed E-state index contributed by atoms with van der Waals surface area (Å²) in [6, 6.07) is 15.4. The molecule has 2 aliphatic rings. The van der Waals surface area contributed by atoms with Gasteiger partial charge in [0.1, 0.15) is 11.8 Å². The zero-order valence-electron chi connectivity index (χ0n) is 18.0. The Morgan fingerprint density at radius 3 is 2.28 bits per heavy atom. The van der Waals surface area contributed by atoms with Crippen molar-refractivity contribution in [2.75, 3.05) is 38.3 Å². The molecule has 0 aliphatic carbocycles. The summed E-state index contributed by atoms with van der Waals surface area (Å²) in [4.78, 5) is 46.1. The minimum Gasteiger partial charge on any atom is -0.497 e. The molecule has 0 spiro atoms. The molecule has 166 valence electrons. The molecule has 1 N–H and O–H groups in total. The van der Waals surface area contributed by atoms with Crippen molar-refractivity contribution in [2.45, 2.75) is 13.0 Å². The van der Waals surface area contributed by atoms with Crippen molar-refractivity contribution in [1.29, 1.82) is 0 Å². The van der Waals surface area contributed by atoms with Crippen LogP contribution in [0.5, 0.6) is 5.75 Å². The monoisotopic (exact) mass is 435 g/mol. The molecule has 2 aliphatic heterocycles. The molecule has 1 unspecified atom stereocenters. The van der Waals surface area contributed by atoms with E-state index in [1.807, 2.05) is 18.2 Å². The lowest BCUT2D eigenvalue weighted by Crippen LogP contribution is -2.60. The first-order valence-corrected chi connectivity index (χ1v) is 10.4. The van der Waals surface area contributed by atoms with Gasteiger partial charge in [0.05, 0.1) is 12.8 Å². The van der Waals surface area contributed by atoms with E-state index in [1.54, 1.807) is 60.2 Å². The van der Waals surface area contributed by atoms with Gasteiger partial charge in [0.25, 0.3) is 17.7 Å². The summed E-state index contributed by atoms with van der Waals surface area (Å²) in [6.07, 6.45) is 0. The number of nitrogens with zero attached hydrogens (tertiary/aromatic N) is 4. The van der Waals surface area contributed by atoms with E-state index in [4.69, 9.17) is 4.74 Å². The highest BCUT2D eigenvalue weighted by atomic mass is 16.5. The maximum Gasteiger partial charge on any atom is 0.290 e. The molecule has 1 saturated heterocycles. The van der Waals surface area contributed by atoms with Crippen molar-refractivity contribution < 1.29 is 19.1 Å². The summed E-state index contributed by atoms with van der Waals surface area (Å²) in [7, 11) is 1.56. The molecule has 0 saturated carbocycles. The van der Waals surface area contributed by atoms with Gasteiger partial charge in [0.15, 0.2) is 0 Å². The summed E-state index contributed by atoms with van der Waals surface area (Å²) >= 11 is 0. The minimum atomic E-state index is -0.675. The predicted octanol–water partition coefficient (Wildman–Crippen LogP) is 1.32. The number of ether oxygens (including phenoxy) is 1. The van der Waals surface area contributed by atoms with E-state index in [-0.39, 0.29) is 23.6 Å². The second kappa shape index (κ2) is 9.09. The quantitative estimate of drug-likeness (QED) is 0.782.